The zero-order valence-corrected chi connectivity index (χ0v) is 12.8. The summed E-state index contributed by atoms with van der Waals surface area (Å²) >= 11 is 0. The van der Waals surface area contributed by atoms with Gasteiger partial charge in [0.25, 0.3) is 0 Å². The molecule has 0 radical (unpaired) electrons. The number of nitrogens with zero attached hydrogens (tertiary/aromatic N) is 1. The highest BCUT2D eigenvalue weighted by molar-refractivity contribution is 5.80. The van der Waals surface area contributed by atoms with Crippen molar-refractivity contribution in [1.82, 2.24) is 10.6 Å². The van der Waals surface area contributed by atoms with E-state index in [9.17, 15) is 4.39 Å². The molecule has 2 aliphatic rings. The number of hydrogen-bond acceptors (Lipinski definition) is 3. The van der Waals surface area contributed by atoms with E-state index < -0.39 is 0 Å². The molecule has 0 saturated heterocycles. The summed E-state index contributed by atoms with van der Waals surface area (Å²) in [6.07, 6.45) is 3.05. The average Bonchev–Trinajstić information content (AvgIpc) is 3.31. The minimum atomic E-state index is -0.255. The van der Waals surface area contributed by atoms with Gasteiger partial charge in [-0.25, -0.2) is 4.39 Å². The highest BCUT2D eigenvalue weighted by Gasteiger charge is 2.22. The molecular formula is C16H22FN3O2. The van der Waals surface area contributed by atoms with Crippen LogP contribution in [0.25, 0.3) is 0 Å². The molecule has 0 atom stereocenters. The van der Waals surface area contributed by atoms with Gasteiger partial charge >= 0.3 is 0 Å². The lowest BCUT2D eigenvalue weighted by Gasteiger charge is -2.20. The fraction of sp³-hybridized carbons (Fsp3) is 0.562. The van der Waals surface area contributed by atoms with Gasteiger partial charge in [-0.1, -0.05) is 0 Å². The summed E-state index contributed by atoms with van der Waals surface area (Å²) in [4.78, 5) is 4.55. The lowest BCUT2D eigenvalue weighted by atomic mass is 10.1. The minimum absolute atomic E-state index is 0.223. The van der Waals surface area contributed by atoms with Crippen LogP contribution in [0.5, 0.6) is 5.75 Å². The Balaban J connectivity index is 1.66. The van der Waals surface area contributed by atoms with E-state index in [1.807, 2.05) is 6.92 Å². The lowest BCUT2D eigenvalue weighted by molar-refractivity contribution is -0.0172. The van der Waals surface area contributed by atoms with Crippen molar-refractivity contribution in [2.75, 3.05) is 19.9 Å². The first-order valence-electron chi connectivity index (χ1n) is 7.83. The van der Waals surface area contributed by atoms with Crippen LogP contribution >= 0.6 is 0 Å². The third kappa shape index (κ3) is 3.88. The maximum atomic E-state index is 13.7. The summed E-state index contributed by atoms with van der Waals surface area (Å²) in [5.74, 6) is 1.33. The standard InChI is InChI=1S/C16H22FN3O2/c1-2-18-16(20-14-3-4-14)19-6-5-11-7-13(17)8-12-9-21-10-22-15(11)12/h7-8,14H,2-6,9-10H2,1H3,(H2,18,19,20). The highest BCUT2D eigenvalue weighted by atomic mass is 19.1. The van der Waals surface area contributed by atoms with Gasteiger partial charge in [0.2, 0.25) is 0 Å². The van der Waals surface area contributed by atoms with Crippen molar-refractivity contribution in [3.05, 3.63) is 29.1 Å². The molecule has 2 N–H and O–H groups in total. The number of nitrogens with one attached hydrogen (secondary N) is 2. The zero-order chi connectivity index (χ0) is 15.4. The van der Waals surface area contributed by atoms with Gasteiger partial charge in [-0.2, -0.15) is 0 Å². The molecule has 0 unspecified atom stereocenters. The quantitative estimate of drug-likeness (QED) is 0.645. The first-order chi connectivity index (χ1) is 10.8. The van der Waals surface area contributed by atoms with Gasteiger partial charge in [0, 0.05) is 24.7 Å². The smallest absolute Gasteiger partial charge is 0.191 e. The van der Waals surface area contributed by atoms with E-state index in [0.29, 0.717) is 25.6 Å². The summed E-state index contributed by atoms with van der Waals surface area (Å²) < 4.78 is 24.4. The number of hydrogen-bond donors (Lipinski definition) is 2. The fourth-order valence-corrected chi connectivity index (χ4v) is 2.47. The van der Waals surface area contributed by atoms with Gasteiger partial charge in [-0.15, -0.1) is 0 Å². The summed E-state index contributed by atoms with van der Waals surface area (Å²) in [5.41, 5.74) is 1.62. The number of ether oxygens (including phenoxy) is 2. The minimum Gasteiger partial charge on any atom is -0.467 e. The summed E-state index contributed by atoms with van der Waals surface area (Å²) in [5, 5.41) is 6.59. The Bertz CT molecular complexity index is 559. The van der Waals surface area contributed by atoms with Gasteiger partial charge in [0.15, 0.2) is 12.8 Å². The molecule has 0 spiro atoms. The predicted molar refractivity (Wildman–Crippen MR) is 82.5 cm³/mol. The Morgan fingerprint density at radius 1 is 1.41 bits per heavy atom. The van der Waals surface area contributed by atoms with Crippen LogP contribution in [0.1, 0.15) is 30.9 Å². The van der Waals surface area contributed by atoms with E-state index in [1.54, 1.807) is 0 Å². The topological polar surface area (TPSA) is 54.9 Å². The van der Waals surface area contributed by atoms with E-state index in [4.69, 9.17) is 9.47 Å². The van der Waals surface area contributed by atoms with Crippen molar-refractivity contribution in [2.24, 2.45) is 4.99 Å². The maximum absolute atomic E-state index is 13.7. The molecule has 1 aliphatic heterocycles. The number of guanidine groups is 1. The largest absolute Gasteiger partial charge is 0.467 e. The van der Waals surface area contributed by atoms with Gasteiger partial charge < -0.3 is 20.1 Å². The van der Waals surface area contributed by atoms with Crippen molar-refractivity contribution in [3.8, 4) is 5.75 Å². The van der Waals surface area contributed by atoms with Crippen LogP contribution in [-0.2, 0) is 17.8 Å². The second-order valence-electron chi connectivity index (χ2n) is 5.59. The second-order valence-corrected chi connectivity index (χ2v) is 5.59. The first kappa shape index (κ1) is 15.1. The summed E-state index contributed by atoms with van der Waals surface area (Å²) in [7, 11) is 0. The molecule has 1 heterocycles. The number of aliphatic imine (C=N–C) groups is 1. The van der Waals surface area contributed by atoms with Crippen LogP contribution in [0.4, 0.5) is 4.39 Å². The number of fused-ring (bicyclic) bond motifs is 1. The van der Waals surface area contributed by atoms with Crippen LogP contribution in [-0.4, -0.2) is 31.9 Å². The van der Waals surface area contributed by atoms with Crippen LogP contribution < -0.4 is 15.4 Å². The zero-order valence-electron chi connectivity index (χ0n) is 12.8. The molecule has 1 aromatic rings. The summed E-state index contributed by atoms with van der Waals surface area (Å²) in [6, 6.07) is 3.56. The maximum Gasteiger partial charge on any atom is 0.191 e. The fourth-order valence-electron chi connectivity index (χ4n) is 2.47. The molecule has 120 valence electrons. The third-order valence-corrected chi connectivity index (χ3v) is 3.67. The van der Waals surface area contributed by atoms with Crippen LogP contribution in [0.2, 0.25) is 0 Å². The summed E-state index contributed by atoms with van der Waals surface area (Å²) in [6.45, 7) is 4.08. The van der Waals surface area contributed by atoms with Gasteiger partial charge in [-0.05, 0) is 43.9 Å². The molecule has 5 nitrogen and oxygen atoms in total. The lowest BCUT2D eigenvalue weighted by Crippen LogP contribution is -2.38. The van der Waals surface area contributed by atoms with Crippen LogP contribution in [0.15, 0.2) is 17.1 Å². The Morgan fingerprint density at radius 2 is 2.27 bits per heavy atom. The average molecular weight is 307 g/mol. The number of halogens is 1. The van der Waals surface area contributed by atoms with E-state index in [0.717, 1.165) is 29.4 Å². The molecule has 1 aromatic carbocycles. The van der Waals surface area contributed by atoms with Gasteiger partial charge in [0.05, 0.1) is 6.61 Å². The SMILES string of the molecule is CCNC(=NCCc1cc(F)cc2c1OCOC2)NC1CC1. The molecule has 3 rings (SSSR count). The normalized spacial score (nSPS) is 17.6. The molecule has 22 heavy (non-hydrogen) atoms. The second kappa shape index (κ2) is 6.96. The molecule has 1 fully saturated rings. The number of rotatable bonds is 5. The highest BCUT2D eigenvalue weighted by Crippen LogP contribution is 2.29. The molecule has 0 aromatic heterocycles. The van der Waals surface area contributed by atoms with Crippen LogP contribution in [0, 0.1) is 5.82 Å². The van der Waals surface area contributed by atoms with E-state index in [-0.39, 0.29) is 12.6 Å². The van der Waals surface area contributed by atoms with Crippen molar-refractivity contribution >= 4 is 5.96 Å². The predicted octanol–water partition coefficient (Wildman–Crippen LogP) is 1.95. The van der Waals surface area contributed by atoms with Gasteiger partial charge in [0.1, 0.15) is 11.6 Å². The molecule has 6 heteroatoms. The van der Waals surface area contributed by atoms with E-state index in [2.05, 4.69) is 15.6 Å². The van der Waals surface area contributed by atoms with Crippen molar-refractivity contribution < 1.29 is 13.9 Å². The Labute approximate surface area is 129 Å². The van der Waals surface area contributed by atoms with Crippen molar-refractivity contribution in [1.29, 1.82) is 0 Å². The molecule has 0 amide bonds. The number of benzene rings is 1. The molecule has 0 bridgehead atoms. The third-order valence-electron chi connectivity index (χ3n) is 3.67. The monoisotopic (exact) mass is 307 g/mol. The van der Waals surface area contributed by atoms with Crippen LogP contribution in [0.3, 0.4) is 0 Å². The Morgan fingerprint density at radius 3 is 3.05 bits per heavy atom. The van der Waals surface area contributed by atoms with Crippen molar-refractivity contribution in [2.45, 2.75) is 38.8 Å². The van der Waals surface area contributed by atoms with E-state index in [1.165, 1.54) is 25.0 Å². The Kier molecular flexibility index (Phi) is 4.77. The molecule has 1 saturated carbocycles. The van der Waals surface area contributed by atoms with Crippen molar-refractivity contribution in [3.63, 3.8) is 0 Å². The Hall–Kier alpha value is -1.82. The van der Waals surface area contributed by atoms with E-state index >= 15 is 0 Å². The molecule has 1 aliphatic carbocycles. The molecular weight excluding hydrogens is 285 g/mol. The first-order valence-corrected chi connectivity index (χ1v) is 7.83. The van der Waals surface area contributed by atoms with Gasteiger partial charge in [-0.3, -0.25) is 4.99 Å².